The Morgan fingerprint density at radius 2 is 2.12 bits per heavy atom. The molecule has 0 amide bonds. The molecule has 5 nitrogen and oxygen atoms in total. The monoisotopic (exact) mass is 245 g/mol. The molecule has 0 aliphatic rings. The highest BCUT2D eigenvalue weighted by atomic mass is 32.2. The van der Waals surface area contributed by atoms with Crippen molar-refractivity contribution in [3.8, 4) is 0 Å². The van der Waals surface area contributed by atoms with Crippen molar-refractivity contribution in [1.29, 1.82) is 0 Å². The number of rotatable bonds is 6. The van der Waals surface area contributed by atoms with Crippen LogP contribution in [0.5, 0.6) is 0 Å². The van der Waals surface area contributed by atoms with E-state index in [0.29, 0.717) is 13.0 Å². The molecular formula is C10H15NO4S. The van der Waals surface area contributed by atoms with Gasteiger partial charge in [0.1, 0.15) is 0 Å². The van der Waals surface area contributed by atoms with Crippen molar-refractivity contribution in [1.82, 2.24) is 0 Å². The molecule has 16 heavy (non-hydrogen) atoms. The molecule has 0 saturated carbocycles. The summed E-state index contributed by atoms with van der Waals surface area (Å²) in [6, 6.07) is 5.40. The number of pyridine rings is 1. The Hall–Kier alpha value is -0.980. The Balaban J connectivity index is 2.71. The van der Waals surface area contributed by atoms with E-state index in [2.05, 4.69) is 0 Å². The second-order valence-electron chi connectivity index (χ2n) is 3.47. The third kappa shape index (κ3) is 4.69. The summed E-state index contributed by atoms with van der Waals surface area (Å²) >= 11 is 0. The van der Waals surface area contributed by atoms with E-state index < -0.39 is 15.9 Å². The normalized spacial score (nSPS) is 11.6. The first kappa shape index (κ1) is 13.1. The van der Waals surface area contributed by atoms with Gasteiger partial charge in [0, 0.05) is 37.3 Å². The van der Waals surface area contributed by atoms with Crippen LogP contribution in [0.4, 0.5) is 0 Å². The molecule has 0 unspecified atom stereocenters. The third-order valence-electron chi connectivity index (χ3n) is 2.20. The highest BCUT2D eigenvalue weighted by Gasteiger charge is 2.10. The lowest BCUT2D eigenvalue weighted by atomic mass is 10.2. The Morgan fingerprint density at radius 3 is 2.75 bits per heavy atom. The van der Waals surface area contributed by atoms with Crippen LogP contribution in [0.2, 0.25) is 0 Å². The Kier molecular flexibility index (Phi) is 4.85. The first-order valence-electron chi connectivity index (χ1n) is 5.05. The number of nitrogens with zero attached hydrogens (tertiary/aromatic N) is 1. The SMILES string of the molecule is O=S(=O)([O-])CCc1cccc[n+]1CCCO. The second-order valence-corrected chi connectivity index (χ2v) is 5.00. The molecule has 0 aliphatic heterocycles. The van der Waals surface area contributed by atoms with E-state index in [1.807, 2.05) is 16.8 Å². The van der Waals surface area contributed by atoms with E-state index in [1.54, 1.807) is 12.1 Å². The average molecular weight is 245 g/mol. The average Bonchev–Trinajstić information content (AvgIpc) is 2.23. The number of hydrogen-bond donors (Lipinski definition) is 1. The first-order chi connectivity index (χ1) is 7.53. The summed E-state index contributed by atoms with van der Waals surface area (Å²) in [5.41, 5.74) is 0.787. The lowest BCUT2D eigenvalue weighted by Crippen LogP contribution is -2.39. The number of aryl methyl sites for hydroxylation is 2. The zero-order chi connectivity index (χ0) is 12.0. The standard InChI is InChI=1S/C10H15NO4S/c12-8-3-7-11-6-2-1-4-10(11)5-9-16(13,14)15/h1-2,4,6,12H,3,5,7-9H2. The largest absolute Gasteiger partial charge is 0.748 e. The molecule has 1 heterocycles. The minimum Gasteiger partial charge on any atom is -0.748 e. The van der Waals surface area contributed by atoms with Gasteiger partial charge in [-0.25, -0.2) is 13.0 Å². The van der Waals surface area contributed by atoms with Gasteiger partial charge in [-0.15, -0.1) is 0 Å². The van der Waals surface area contributed by atoms with Crippen LogP contribution in [0.15, 0.2) is 24.4 Å². The van der Waals surface area contributed by atoms with Crippen LogP contribution in [-0.4, -0.2) is 30.4 Å². The molecule has 1 aromatic heterocycles. The molecule has 0 spiro atoms. The van der Waals surface area contributed by atoms with E-state index in [0.717, 1.165) is 5.69 Å². The maximum atomic E-state index is 10.5. The third-order valence-corrected chi connectivity index (χ3v) is 2.90. The van der Waals surface area contributed by atoms with Gasteiger partial charge in [0.05, 0.1) is 10.1 Å². The van der Waals surface area contributed by atoms with Crippen LogP contribution in [-0.2, 0) is 23.1 Å². The Morgan fingerprint density at radius 1 is 1.38 bits per heavy atom. The predicted octanol–water partition coefficient (Wildman–Crippen LogP) is -0.556. The van der Waals surface area contributed by atoms with Crippen molar-refractivity contribution in [2.45, 2.75) is 19.4 Å². The van der Waals surface area contributed by atoms with Crippen LogP contribution >= 0.6 is 0 Å². The Bertz CT molecular complexity index is 430. The van der Waals surface area contributed by atoms with Crippen molar-refractivity contribution in [2.24, 2.45) is 0 Å². The predicted molar refractivity (Wildman–Crippen MR) is 56.6 cm³/mol. The van der Waals surface area contributed by atoms with Crippen molar-refractivity contribution >= 4 is 10.1 Å². The quantitative estimate of drug-likeness (QED) is 0.538. The Labute approximate surface area is 95.1 Å². The minimum absolute atomic E-state index is 0.0845. The fourth-order valence-electron chi connectivity index (χ4n) is 1.43. The van der Waals surface area contributed by atoms with Crippen LogP contribution in [0, 0.1) is 0 Å². The molecule has 90 valence electrons. The van der Waals surface area contributed by atoms with E-state index in [9.17, 15) is 13.0 Å². The minimum atomic E-state index is -4.17. The molecule has 1 aromatic rings. The number of hydrogen-bond acceptors (Lipinski definition) is 4. The molecule has 0 radical (unpaired) electrons. The zero-order valence-corrected chi connectivity index (χ0v) is 9.69. The highest BCUT2D eigenvalue weighted by molar-refractivity contribution is 7.85. The smallest absolute Gasteiger partial charge is 0.182 e. The number of aliphatic hydroxyl groups excluding tert-OH is 1. The van der Waals surface area contributed by atoms with Crippen molar-refractivity contribution in [2.75, 3.05) is 12.4 Å². The number of aliphatic hydroxyl groups is 1. The van der Waals surface area contributed by atoms with E-state index in [1.165, 1.54) is 0 Å². The maximum Gasteiger partial charge on any atom is 0.182 e. The molecule has 6 heteroatoms. The van der Waals surface area contributed by atoms with Gasteiger partial charge in [0.25, 0.3) is 0 Å². The van der Waals surface area contributed by atoms with Gasteiger partial charge in [-0.1, -0.05) is 6.07 Å². The van der Waals surface area contributed by atoms with Crippen LogP contribution in [0.25, 0.3) is 0 Å². The van der Waals surface area contributed by atoms with Crippen LogP contribution in [0.3, 0.4) is 0 Å². The zero-order valence-electron chi connectivity index (χ0n) is 8.87. The van der Waals surface area contributed by atoms with Gasteiger partial charge < -0.3 is 9.66 Å². The van der Waals surface area contributed by atoms with Gasteiger partial charge in [0.2, 0.25) is 0 Å². The van der Waals surface area contributed by atoms with Gasteiger partial charge in [-0.2, -0.15) is 0 Å². The second kappa shape index (κ2) is 5.93. The summed E-state index contributed by atoms with van der Waals surface area (Å²) in [7, 11) is -4.17. The number of aromatic nitrogens is 1. The molecule has 0 fully saturated rings. The summed E-state index contributed by atoms with van der Waals surface area (Å²) in [6.45, 7) is 0.701. The summed E-state index contributed by atoms with van der Waals surface area (Å²) in [5, 5.41) is 8.72. The lowest BCUT2D eigenvalue weighted by molar-refractivity contribution is -0.704. The first-order valence-corrected chi connectivity index (χ1v) is 6.62. The van der Waals surface area contributed by atoms with Gasteiger partial charge >= 0.3 is 0 Å². The van der Waals surface area contributed by atoms with Crippen molar-refractivity contribution in [3.63, 3.8) is 0 Å². The molecule has 1 N–H and O–H groups in total. The topological polar surface area (TPSA) is 81.3 Å². The van der Waals surface area contributed by atoms with Gasteiger partial charge in [-0.05, 0) is 0 Å². The van der Waals surface area contributed by atoms with E-state index in [4.69, 9.17) is 5.11 Å². The summed E-state index contributed by atoms with van der Waals surface area (Å²) in [5.74, 6) is -0.393. The van der Waals surface area contributed by atoms with Crippen LogP contribution < -0.4 is 4.57 Å². The molecule has 1 rings (SSSR count). The van der Waals surface area contributed by atoms with Gasteiger partial charge in [-0.3, -0.25) is 0 Å². The summed E-state index contributed by atoms with van der Waals surface area (Å²) < 4.78 is 33.4. The highest BCUT2D eigenvalue weighted by Crippen LogP contribution is 1.96. The maximum absolute atomic E-state index is 10.5. The summed E-state index contributed by atoms with van der Waals surface area (Å²) in [6.07, 6.45) is 2.62. The molecule has 0 aromatic carbocycles. The summed E-state index contributed by atoms with van der Waals surface area (Å²) in [4.78, 5) is 0. The molecular weight excluding hydrogens is 230 g/mol. The van der Waals surface area contributed by atoms with Crippen molar-refractivity contribution < 1.29 is 22.6 Å². The lowest BCUT2D eigenvalue weighted by Gasteiger charge is -2.06. The van der Waals surface area contributed by atoms with E-state index >= 15 is 0 Å². The molecule has 0 atom stereocenters. The van der Waals surface area contributed by atoms with E-state index in [-0.39, 0.29) is 13.0 Å². The molecule has 0 saturated heterocycles. The van der Waals surface area contributed by atoms with Crippen LogP contribution in [0.1, 0.15) is 12.1 Å². The van der Waals surface area contributed by atoms with Crippen molar-refractivity contribution in [3.05, 3.63) is 30.1 Å². The molecule has 0 bridgehead atoms. The molecule has 0 aliphatic carbocycles. The fourth-order valence-corrected chi connectivity index (χ4v) is 1.89. The fraction of sp³-hybridized carbons (Fsp3) is 0.500. The van der Waals surface area contributed by atoms with Gasteiger partial charge in [0.15, 0.2) is 18.4 Å².